The molecule has 1 aliphatic heterocycles. The SMILES string of the molecule is CCCNC(=O)C1COCCN1Cc1cc(C(=O)O)co1. The highest BCUT2D eigenvalue weighted by atomic mass is 16.5. The first-order valence-electron chi connectivity index (χ1n) is 7.02. The molecule has 1 aliphatic rings. The Morgan fingerprint density at radius 2 is 2.33 bits per heavy atom. The average Bonchev–Trinajstić information content (AvgIpc) is 2.94. The number of carbonyl (C=O) groups excluding carboxylic acids is 1. The highest BCUT2D eigenvalue weighted by Gasteiger charge is 2.29. The molecule has 0 aromatic carbocycles. The summed E-state index contributed by atoms with van der Waals surface area (Å²) in [5.41, 5.74) is 0.116. The monoisotopic (exact) mass is 296 g/mol. The van der Waals surface area contributed by atoms with Crippen LogP contribution in [0.3, 0.4) is 0 Å². The van der Waals surface area contributed by atoms with Crippen LogP contribution in [0.25, 0.3) is 0 Å². The molecule has 2 N–H and O–H groups in total. The van der Waals surface area contributed by atoms with Crippen molar-refractivity contribution in [2.45, 2.75) is 25.9 Å². The van der Waals surface area contributed by atoms with Gasteiger partial charge in [-0.25, -0.2) is 4.79 Å². The first-order chi connectivity index (χ1) is 10.1. The number of hydrogen-bond acceptors (Lipinski definition) is 5. The maximum atomic E-state index is 12.1. The number of carboxylic acids is 1. The summed E-state index contributed by atoms with van der Waals surface area (Å²) in [5.74, 6) is -0.562. The minimum Gasteiger partial charge on any atom is -0.478 e. The van der Waals surface area contributed by atoms with Gasteiger partial charge in [0.1, 0.15) is 18.1 Å². The fourth-order valence-electron chi connectivity index (χ4n) is 2.21. The van der Waals surface area contributed by atoms with E-state index in [-0.39, 0.29) is 17.5 Å². The van der Waals surface area contributed by atoms with E-state index in [2.05, 4.69) is 5.32 Å². The van der Waals surface area contributed by atoms with Gasteiger partial charge in [0, 0.05) is 13.1 Å². The van der Waals surface area contributed by atoms with Crippen LogP contribution >= 0.6 is 0 Å². The van der Waals surface area contributed by atoms with E-state index >= 15 is 0 Å². The number of carboxylic acid groups (broad SMARTS) is 1. The van der Waals surface area contributed by atoms with Crippen molar-refractivity contribution in [2.75, 3.05) is 26.3 Å². The van der Waals surface area contributed by atoms with Gasteiger partial charge in [0.2, 0.25) is 5.91 Å². The van der Waals surface area contributed by atoms with Gasteiger partial charge in [0.05, 0.1) is 25.3 Å². The van der Waals surface area contributed by atoms with Crippen LogP contribution in [-0.4, -0.2) is 54.2 Å². The van der Waals surface area contributed by atoms with Crippen molar-refractivity contribution in [3.63, 3.8) is 0 Å². The molecule has 0 radical (unpaired) electrons. The number of nitrogens with zero attached hydrogens (tertiary/aromatic N) is 1. The smallest absolute Gasteiger partial charge is 0.338 e. The van der Waals surface area contributed by atoms with E-state index in [4.69, 9.17) is 14.3 Å². The fraction of sp³-hybridized carbons (Fsp3) is 0.571. The number of aromatic carboxylic acids is 1. The quantitative estimate of drug-likeness (QED) is 0.803. The highest BCUT2D eigenvalue weighted by Crippen LogP contribution is 2.15. The number of carbonyl (C=O) groups is 2. The van der Waals surface area contributed by atoms with Crippen molar-refractivity contribution in [2.24, 2.45) is 0 Å². The summed E-state index contributed by atoms with van der Waals surface area (Å²) in [7, 11) is 0. The van der Waals surface area contributed by atoms with Gasteiger partial charge in [-0.3, -0.25) is 9.69 Å². The minimum absolute atomic E-state index is 0.0680. The Bertz CT molecular complexity index is 499. The lowest BCUT2D eigenvalue weighted by Gasteiger charge is -2.33. The molecular weight excluding hydrogens is 276 g/mol. The minimum atomic E-state index is -1.02. The number of amides is 1. The zero-order chi connectivity index (χ0) is 15.2. The van der Waals surface area contributed by atoms with Crippen LogP contribution in [0.2, 0.25) is 0 Å². The third-order valence-corrected chi connectivity index (χ3v) is 3.35. The number of rotatable bonds is 6. The molecule has 2 rings (SSSR count). The summed E-state index contributed by atoms with van der Waals surface area (Å²) in [5, 5.41) is 11.7. The molecule has 21 heavy (non-hydrogen) atoms. The van der Waals surface area contributed by atoms with Gasteiger partial charge in [-0.1, -0.05) is 6.92 Å². The molecule has 1 aromatic heterocycles. The second-order valence-electron chi connectivity index (χ2n) is 4.96. The molecule has 0 spiro atoms. The third kappa shape index (κ3) is 4.05. The molecule has 0 saturated carbocycles. The summed E-state index contributed by atoms with van der Waals surface area (Å²) in [6.07, 6.45) is 2.09. The molecule has 7 heteroatoms. The highest BCUT2D eigenvalue weighted by molar-refractivity contribution is 5.87. The van der Waals surface area contributed by atoms with E-state index < -0.39 is 5.97 Å². The van der Waals surface area contributed by atoms with Crippen molar-refractivity contribution >= 4 is 11.9 Å². The normalized spacial score (nSPS) is 19.4. The fourth-order valence-corrected chi connectivity index (χ4v) is 2.21. The molecule has 1 atom stereocenters. The molecule has 116 valence electrons. The molecule has 1 saturated heterocycles. The number of hydrogen-bond donors (Lipinski definition) is 2. The summed E-state index contributed by atoms with van der Waals surface area (Å²) in [6, 6.07) is 1.11. The van der Waals surface area contributed by atoms with Gasteiger partial charge in [0.25, 0.3) is 0 Å². The lowest BCUT2D eigenvalue weighted by Crippen LogP contribution is -2.53. The Kier molecular flexibility index (Phi) is 5.35. The van der Waals surface area contributed by atoms with Gasteiger partial charge >= 0.3 is 5.97 Å². The first-order valence-corrected chi connectivity index (χ1v) is 7.02. The zero-order valence-corrected chi connectivity index (χ0v) is 12.0. The summed E-state index contributed by atoms with van der Waals surface area (Å²) in [4.78, 5) is 24.9. The summed E-state index contributed by atoms with van der Waals surface area (Å²) >= 11 is 0. The lowest BCUT2D eigenvalue weighted by molar-refractivity contribution is -0.133. The van der Waals surface area contributed by atoms with E-state index in [0.29, 0.717) is 38.6 Å². The molecule has 1 unspecified atom stereocenters. The maximum absolute atomic E-state index is 12.1. The molecule has 1 aromatic rings. The van der Waals surface area contributed by atoms with Gasteiger partial charge in [-0.15, -0.1) is 0 Å². The zero-order valence-electron chi connectivity index (χ0n) is 12.0. The van der Waals surface area contributed by atoms with Crippen molar-refractivity contribution in [1.82, 2.24) is 10.2 Å². The summed E-state index contributed by atoms with van der Waals surface area (Å²) < 4.78 is 10.6. The van der Waals surface area contributed by atoms with Gasteiger partial charge in [0.15, 0.2) is 0 Å². The predicted molar refractivity (Wildman–Crippen MR) is 74.0 cm³/mol. The number of nitrogens with one attached hydrogen (secondary N) is 1. The van der Waals surface area contributed by atoms with Gasteiger partial charge < -0.3 is 19.6 Å². The predicted octanol–water partition coefficient (Wildman–Crippen LogP) is 0.705. The topological polar surface area (TPSA) is 92.0 Å². The average molecular weight is 296 g/mol. The summed E-state index contributed by atoms with van der Waals surface area (Å²) in [6.45, 7) is 4.50. The largest absolute Gasteiger partial charge is 0.478 e. The lowest BCUT2D eigenvalue weighted by atomic mass is 10.2. The van der Waals surface area contributed by atoms with Crippen molar-refractivity contribution in [1.29, 1.82) is 0 Å². The first kappa shape index (κ1) is 15.5. The Morgan fingerprint density at radius 3 is 3.00 bits per heavy atom. The Labute approximate surface area is 122 Å². The van der Waals surface area contributed by atoms with Crippen LogP contribution < -0.4 is 5.32 Å². The third-order valence-electron chi connectivity index (χ3n) is 3.35. The molecule has 1 fully saturated rings. The second kappa shape index (κ2) is 7.24. The number of ether oxygens (including phenoxy) is 1. The number of furan rings is 1. The van der Waals surface area contributed by atoms with Gasteiger partial charge in [-0.05, 0) is 12.5 Å². The molecule has 2 heterocycles. The standard InChI is InChI=1S/C14H20N2O5/c1-2-3-15-13(17)12-9-20-5-4-16(12)7-11-6-10(8-21-11)14(18)19/h6,8,12H,2-5,7,9H2,1H3,(H,15,17)(H,18,19). The van der Waals surface area contributed by atoms with Crippen LogP contribution in [0, 0.1) is 0 Å². The van der Waals surface area contributed by atoms with Crippen molar-refractivity contribution in [3.05, 3.63) is 23.7 Å². The second-order valence-corrected chi connectivity index (χ2v) is 4.96. The van der Waals surface area contributed by atoms with E-state index in [1.54, 1.807) is 0 Å². The van der Waals surface area contributed by atoms with Gasteiger partial charge in [-0.2, -0.15) is 0 Å². The van der Waals surface area contributed by atoms with Crippen molar-refractivity contribution < 1.29 is 23.8 Å². The van der Waals surface area contributed by atoms with Crippen molar-refractivity contribution in [3.8, 4) is 0 Å². The van der Waals surface area contributed by atoms with Crippen LogP contribution in [0.5, 0.6) is 0 Å². The molecular formula is C14H20N2O5. The molecule has 0 bridgehead atoms. The van der Waals surface area contributed by atoms with E-state index in [1.807, 2.05) is 11.8 Å². The Balaban J connectivity index is 2.00. The molecule has 7 nitrogen and oxygen atoms in total. The number of morpholine rings is 1. The maximum Gasteiger partial charge on any atom is 0.338 e. The van der Waals surface area contributed by atoms with E-state index in [0.717, 1.165) is 6.42 Å². The van der Waals surface area contributed by atoms with Crippen LogP contribution in [0.4, 0.5) is 0 Å². The van der Waals surface area contributed by atoms with Crippen LogP contribution in [0.15, 0.2) is 16.7 Å². The Hall–Kier alpha value is -1.86. The van der Waals surface area contributed by atoms with Crippen LogP contribution in [-0.2, 0) is 16.1 Å². The Morgan fingerprint density at radius 1 is 1.52 bits per heavy atom. The molecule has 0 aliphatic carbocycles. The van der Waals surface area contributed by atoms with E-state index in [9.17, 15) is 9.59 Å². The molecule has 1 amide bonds. The van der Waals surface area contributed by atoms with E-state index in [1.165, 1.54) is 12.3 Å². The van der Waals surface area contributed by atoms with Crippen LogP contribution in [0.1, 0.15) is 29.5 Å².